The number of anilines is 1. The summed E-state index contributed by atoms with van der Waals surface area (Å²) in [4.78, 5) is 24.1. The monoisotopic (exact) mass is 360 g/mol. The quantitative estimate of drug-likeness (QED) is 0.872. The van der Waals surface area contributed by atoms with E-state index in [1.54, 1.807) is 0 Å². The molecule has 0 unspecified atom stereocenters. The van der Waals surface area contributed by atoms with Gasteiger partial charge in [0.1, 0.15) is 11.6 Å². The molecule has 0 spiro atoms. The second-order valence-corrected chi connectivity index (χ2v) is 7.87. The van der Waals surface area contributed by atoms with Crippen LogP contribution in [0.25, 0.3) is 0 Å². The molecule has 3 heterocycles. The van der Waals surface area contributed by atoms with Gasteiger partial charge in [-0.1, -0.05) is 13.8 Å². The molecule has 144 valence electrons. The molecule has 1 N–H and O–H groups in total. The molecule has 3 rings (SSSR count). The molecule has 0 radical (unpaired) electrons. The van der Waals surface area contributed by atoms with E-state index in [2.05, 4.69) is 29.0 Å². The van der Waals surface area contributed by atoms with Crippen molar-refractivity contribution in [3.05, 3.63) is 17.1 Å². The maximum atomic E-state index is 12.4. The Morgan fingerprint density at radius 1 is 1.23 bits per heavy atom. The third-order valence-corrected chi connectivity index (χ3v) is 5.35. The van der Waals surface area contributed by atoms with Crippen LogP contribution in [-0.2, 0) is 22.4 Å². The summed E-state index contributed by atoms with van der Waals surface area (Å²) in [5.74, 6) is 2.86. The Hall–Kier alpha value is -1.69. The first-order valence-electron chi connectivity index (χ1n) is 10.0. The smallest absolute Gasteiger partial charge is 0.223 e. The minimum absolute atomic E-state index is 0.128. The lowest BCUT2D eigenvalue weighted by atomic mass is 9.95. The van der Waals surface area contributed by atoms with Gasteiger partial charge < -0.3 is 15.0 Å². The second kappa shape index (κ2) is 8.80. The average Bonchev–Trinajstić information content (AvgIpc) is 2.86. The normalized spacial score (nSPS) is 18.5. The van der Waals surface area contributed by atoms with Crippen molar-refractivity contribution in [3.63, 3.8) is 0 Å². The number of aryl methyl sites for hydroxylation is 1. The first-order chi connectivity index (χ1) is 12.5. The number of amides is 1. The lowest BCUT2D eigenvalue weighted by molar-refractivity contribution is -0.125. The Balaban J connectivity index is 1.61. The molecule has 6 nitrogen and oxygen atoms in total. The number of hydrogen-bond donors (Lipinski definition) is 1. The van der Waals surface area contributed by atoms with Crippen molar-refractivity contribution in [1.29, 1.82) is 0 Å². The van der Waals surface area contributed by atoms with E-state index in [-0.39, 0.29) is 11.8 Å². The summed E-state index contributed by atoms with van der Waals surface area (Å²) in [6.07, 6.45) is 4.56. The predicted molar refractivity (Wildman–Crippen MR) is 102 cm³/mol. The van der Waals surface area contributed by atoms with Crippen LogP contribution < -0.4 is 10.2 Å². The molecule has 1 fully saturated rings. The molecule has 0 atom stereocenters. The number of hydrogen-bond acceptors (Lipinski definition) is 5. The number of fused-ring (bicyclic) bond motifs is 1. The second-order valence-electron chi connectivity index (χ2n) is 7.87. The highest BCUT2D eigenvalue weighted by molar-refractivity contribution is 5.79. The maximum Gasteiger partial charge on any atom is 0.223 e. The van der Waals surface area contributed by atoms with Crippen molar-refractivity contribution in [2.24, 2.45) is 11.8 Å². The van der Waals surface area contributed by atoms with Crippen LogP contribution in [0.4, 0.5) is 5.82 Å². The van der Waals surface area contributed by atoms with Crippen LogP contribution in [0.1, 0.15) is 50.2 Å². The first-order valence-corrected chi connectivity index (χ1v) is 10.0. The number of piperidine rings is 1. The number of nitrogens with zero attached hydrogens (tertiary/aromatic N) is 3. The molecule has 2 aliphatic heterocycles. The predicted octanol–water partition coefficient (Wildman–Crippen LogP) is 2.28. The molecule has 1 aromatic rings. The summed E-state index contributed by atoms with van der Waals surface area (Å²) in [7, 11) is 0. The van der Waals surface area contributed by atoms with Crippen LogP contribution in [0.5, 0.6) is 0 Å². The van der Waals surface area contributed by atoms with Gasteiger partial charge in [0.25, 0.3) is 0 Å². The fourth-order valence-corrected chi connectivity index (χ4v) is 3.79. The van der Waals surface area contributed by atoms with Gasteiger partial charge in [0.15, 0.2) is 0 Å². The Labute approximate surface area is 156 Å². The minimum atomic E-state index is 0.128. The maximum absolute atomic E-state index is 12.4. The van der Waals surface area contributed by atoms with Crippen molar-refractivity contribution in [3.8, 4) is 0 Å². The van der Waals surface area contributed by atoms with Gasteiger partial charge >= 0.3 is 0 Å². The Morgan fingerprint density at radius 2 is 1.96 bits per heavy atom. The lowest BCUT2D eigenvalue weighted by Crippen LogP contribution is -2.41. The van der Waals surface area contributed by atoms with Gasteiger partial charge in [-0.3, -0.25) is 4.79 Å². The Kier molecular flexibility index (Phi) is 6.46. The SMILES string of the molecule is Cc1nc2c(c(N3CCC(C(=O)NCCC(C)C)CC3)n1)CCOCC2. The number of carbonyl (C=O) groups is 1. The van der Waals surface area contributed by atoms with Gasteiger partial charge in [0.2, 0.25) is 5.91 Å². The number of nitrogens with one attached hydrogen (secondary N) is 1. The van der Waals surface area contributed by atoms with Crippen LogP contribution in [0.3, 0.4) is 0 Å². The largest absolute Gasteiger partial charge is 0.381 e. The minimum Gasteiger partial charge on any atom is -0.381 e. The van der Waals surface area contributed by atoms with Crippen molar-refractivity contribution in [1.82, 2.24) is 15.3 Å². The van der Waals surface area contributed by atoms with Crippen LogP contribution in [0.2, 0.25) is 0 Å². The molecule has 0 saturated carbocycles. The van der Waals surface area contributed by atoms with Crippen molar-refractivity contribution in [2.45, 2.75) is 52.9 Å². The molecule has 1 amide bonds. The molecule has 1 aromatic heterocycles. The zero-order valence-electron chi connectivity index (χ0n) is 16.4. The molecular formula is C20H32N4O2. The van der Waals surface area contributed by atoms with Gasteiger partial charge in [-0.25, -0.2) is 9.97 Å². The number of rotatable bonds is 5. The highest BCUT2D eigenvalue weighted by Crippen LogP contribution is 2.28. The molecular weight excluding hydrogens is 328 g/mol. The Bertz CT molecular complexity index is 624. The molecule has 26 heavy (non-hydrogen) atoms. The van der Waals surface area contributed by atoms with E-state index in [0.717, 1.165) is 82.3 Å². The molecule has 6 heteroatoms. The molecule has 2 aliphatic rings. The van der Waals surface area contributed by atoms with Gasteiger partial charge in [0.05, 0.1) is 18.9 Å². The molecule has 0 aliphatic carbocycles. The lowest BCUT2D eigenvalue weighted by Gasteiger charge is -2.33. The summed E-state index contributed by atoms with van der Waals surface area (Å²) >= 11 is 0. The van der Waals surface area contributed by atoms with Crippen molar-refractivity contribution in [2.75, 3.05) is 37.7 Å². The average molecular weight is 361 g/mol. The van der Waals surface area contributed by atoms with Gasteiger partial charge in [0, 0.05) is 44.0 Å². The van der Waals surface area contributed by atoms with Crippen LogP contribution in [0.15, 0.2) is 0 Å². The molecule has 0 aromatic carbocycles. The van der Waals surface area contributed by atoms with Gasteiger partial charge in [-0.15, -0.1) is 0 Å². The van der Waals surface area contributed by atoms with Crippen LogP contribution >= 0.6 is 0 Å². The third kappa shape index (κ3) is 4.72. The summed E-state index contributed by atoms with van der Waals surface area (Å²) in [6.45, 7) is 10.4. The highest BCUT2D eigenvalue weighted by atomic mass is 16.5. The highest BCUT2D eigenvalue weighted by Gasteiger charge is 2.28. The van der Waals surface area contributed by atoms with E-state index in [1.807, 2.05) is 6.92 Å². The zero-order valence-corrected chi connectivity index (χ0v) is 16.4. The van der Waals surface area contributed by atoms with E-state index >= 15 is 0 Å². The third-order valence-electron chi connectivity index (χ3n) is 5.35. The standard InChI is InChI=1S/C20H32N4O2/c1-14(2)4-9-21-20(25)16-5-10-24(11-6-16)19-17-7-12-26-13-8-18(17)22-15(3)23-19/h14,16H,4-13H2,1-3H3,(H,21,25). The fourth-order valence-electron chi connectivity index (χ4n) is 3.79. The summed E-state index contributed by atoms with van der Waals surface area (Å²) in [5, 5.41) is 3.11. The summed E-state index contributed by atoms with van der Waals surface area (Å²) < 4.78 is 5.62. The van der Waals surface area contributed by atoms with Crippen LogP contribution in [0, 0.1) is 18.8 Å². The van der Waals surface area contributed by atoms with E-state index in [4.69, 9.17) is 9.72 Å². The van der Waals surface area contributed by atoms with Crippen molar-refractivity contribution < 1.29 is 9.53 Å². The number of ether oxygens (including phenoxy) is 1. The van der Waals surface area contributed by atoms with E-state index in [9.17, 15) is 4.79 Å². The van der Waals surface area contributed by atoms with Crippen molar-refractivity contribution >= 4 is 11.7 Å². The molecule has 1 saturated heterocycles. The van der Waals surface area contributed by atoms with Crippen LogP contribution in [-0.4, -0.2) is 48.7 Å². The Morgan fingerprint density at radius 3 is 2.69 bits per heavy atom. The summed E-state index contributed by atoms with van der Waals surface area (Å²) in [5.41, 5.74) is 2.38. The molecule has 0 bridgehead atoms. The number of aromatic nitrogens is 2. The summed E-state index contributed by atoms with van der Waals surface area (Å²) in [6, 6.07) is 0. The number of carbonyl (C=O) groups excluding carboxylic acids is 1. The van der Waals surface area contributed by atoms with Gasteiger partial charge in [-0.05, 0) is 32.1 Å². The van der Waals surface area contributed by atoms with E-state index in [0.29, 0.717) is 5.92 Å². The first kappa shape index (κ1) is 19.1. The topological polar surface area (TPSA) is 67.4 Å². The van der Waals surface area contributed by atoms with E-state index in [1.165, 1.54) is 5.56 Å². The fraction of sp³-hybridized carbons (Fsp3) is 0.750. The van der Waals surface area contributed by atoms with E-state index < -0.39 is 0 Å². The van der Waals surface area contributed by atoms with Gasteiger partial charge in [-0.2, -0.15) is 0 Å². The zero-order chi connectivity index (χ0) is 18.5.